The second-order valence-electron chi connectivity index (χ2n) is 9.59. The fourth-order valence-electron chi connectivity index (χ4n) is 3.96. The van der Waals surface area contributed by atoms with Gasteiger partial charge in [0.25, 0.3) is 5.91 Å². The van der Waals surface area contributed by atoms with Gasteiger partial charge in [0.2, 0.25) is 26.0 Å². The lowest BCUT2D eigenvalue weighted by Crippen LogP contribution is -2.40. The maximum Gasteiger partial charge on any atom is 0.417 e. The summed E-state index contributed by atoms with van der Waals surface area (Å²) in [5.41, 5.74) is -0.778. The second kappa shape index (κ2) is 12.7. The lowest BCUT2D eigenvalue weighted by Gasteiger charge is -2.24. The van der Waals surface area contributed by atoms with Gasteiger partial charge in [-0.05, 0) is 48.7 Å². The number of likely N-dealkylation sites (N-methyl/N-ethyl adjacent to an activating group) is 1. The first-order valence-electron chi connectivity index (χ1n) is 12.3. The highest BCUT2D eigenvalue weighted by molar-refractivity contribution is 7.92. The third-order valence-electron chi connectivity index (χ3n) is 6.40. The Balaban J connectivity index is 1.75. The van der Waals surface area contributed by atoms with Crippen LogP contribution in [0.4, 0.5) is 13.2 Å². The number of hydrogen-bond donors (Lipinski definition) is 1. The Hall–Kier alpha value is -3.34. The minimum atomic E-state index is -4.58. The van der Waals surface area contributed by atoms with Crippen molar-refractivity contribution in [1.82, 2.24) is 23.8 Å². The zero-order chi connectivity index (χ0) is 30.6. The first kappa shape index (κ1) is 32.2. The zero-order valence-corrected chi connectivity index (χ0v) is 24.0. The van der Waals surface area contributed by atoms with Crippen molar-refractivity contribution in [2.24, 2.45) is 5.92 Å². The van der Waals surface area contributed by atoms with E-state index in [0.29, 0.717) is 12.6 Å². The molecule has 1 saturated heterocycles. The molecular weight excluding hydrogens is 587 g/mol. The Morgan fingerprint density at radius 3 is 2.32 bits per heavy atom. The third-order valence-corrected chi connectivity index (χ3v) is 9.28. The third kappa shape index (κ3) is 8.34. The predicted octanol–water partition coefficient (Wildman–Crippen LogP) is 1.90. The van der Waals surface area contributed by atoms with Gasteiger partial charge in [-0.1, -0.05) is 6.58 Å². The summed E-state index contributed by atoms with van der Waals surface area (Å²) in [6, 6.07) is 7.01. The summed E-state index contributed by atoms with van der Waals surface area (Å²) in [5.74, 6) is -1.33. The van der Waals surface area contributed by atoms with Crippen LogP contribution in [0.2, 0.25) is 0 Å². The van der Waals surface area contributed by atoms with Crippen molar-refractivity contribution in [3.05, 3.63) is 71.4 Å². The number of pyridine rings is 1. The van der Waals surface area contributed by atoms with Gasteiger partial charge in [-0.3, -0.25) is 14.6 Å². The zero-order valence-electron chi connectivity index (χ0n) is 22.3. The van der Waals surface area contributed by atoms with Crippen LogP contribution in [0.1, 0.15) is 28.0 Å². The lowest BCUT2D eigenvalue weighted by atomic mass is 10.1. The molecule has 224 valence electrons. The van der Waals surface area contributed by atoms with Crippen LogP contribution in [0.3, 0.4) is 0 Å². The fraction of sp³-hybridized carbons (Fsp3) is 0.400. The molecule has 1 unspecified atom stereocenters. The number of nitrogens with zero attached hydrogens (tertiary/aromatic N) is 4. The number of nitrogens with one attached hydrogen (secondary N) is 1. The number of hydrogen-bond acceptors (Lipinski definition) is 7. The van der Waals surface area contributed by atoms with Crippen LogP contribution in [0.25, 0.3) is 0 Å². The van der Waals surface area contributed by atoms with Crippen LogP contribution in [0.15, 0.2) is 59.5 Å². The number of aromatic nitrogens is 1. The van der Waals surface area contributed by atoms with E-state index in [2.05, 4.69) is 16.3 Å². The molecule has 0 spiro atoms. The summed E-state index contributed by atoms with van der Waals surface area (Å²) < 4.78 is 91.7. The topological polar surface area (TPSA) is 137 Å². The van der Waals surface area contributed by atoms with Crippen molar-refractivity contribution in [2.75, 3.05) is 40.3 Å². The highest BCUT2D eigenvalue weighted by atomic mass is 32.2. The molecule has 1 aliphatic rings. The van der Waals surface area contributed by atoms with Gasteiger partial charge in [0.15, 0.2) is 0 Å². The number of sulfonamides is 2. The largest absolute Gasteiger partial charge is 0.417 e. The van der Waals surface area contributed by atoms with E-state index in [1.807, 2.05) is 0 Å². The molecule has 2 heterocycles. The second-order valence-corrected chi connectivity index (χ2v) is 13.2. The highest BCUT2D eigenvalue weighted by Gasteiger charge is 2.33. The molecule has 0 aliphatic carbocycles. The number of rotatable bonds is 11. The fourth-order valence-corrected chi connectivity index (χ4v) is 6.08. The van der Waals surface area contributed by atoms with Gasteiger partial charge in [0, 0.05) is 50.9 Å². The molecule has 1 atom stereocenters. The number of carbonyl (C=O) groups excluding carboxylic acids is 2. The summed E-state index contributed by atoms with van der Waals surface area (Å²) in [5, 5.41) is 0.775. The number of benzene rings is 1. The summed E-state index contributed by atoms with van der Waals surface area (Å²) >= 11 is 0. The molecule has 1 N–H and O–H groups in total. The minimum absolute atomic E-state index is 0.0561. The number of halogens is 3. The number of carbonyl (C=O) groups is 2. The summed E-state index contributed by atoms with van der Waals surface area (Å²) in [4.78, 5) is 31.7. The van der Waals surface area contributed by atoms with Gasteiger partial charge in [0.05, 0.1) is 22.7 Å². The van der Waals surface area contributed by atoms with Crippen molar-refractivity contribution >= 4 is 31.9 Å². The molecule has 1 aromatic heterocycles. The van der Waals surface area contributed by atoms with Gasteiger partial charge in [-0.25, -0.2) is 21.6 Å². The molecule has 0 bridgehead atoms. The number of alkyl halides is 3. The molecular formula is C25H30F3N5O6S2. The van der Waals surface area contributed by atoms with E-state index < -0.39 is 43.6 Å². The van der Waals surface area contributed by atoms with Crippen molar-refractivity contribution in [2.45, 2.75) is 24.0 Å². The first-order chi connectivity index (χ1) is 19.0. The van der Waals surface area contributed by atoms with Crippen LogP contribution in [-0.4, -0.2) is 88.0 Å². The Bertz CT molecular complexity index is 1480. The van der Waals surface area contributed by atoms with Gasteiger partial charge in [-0.15, -0.1) is 0 Å². The molecule has 11 nitrogen and oxygen atoms in total. The molecule has 3 rings (SSSR count). The Morgan fingerprint density at radius 2 is 1.78 bits per heavy atom. The Morgan fingerprint density at radius 1 is 1.12 bits per heavy atom. The molecule has 1 fully saturated rings. The monoisotopic (exact) mass is 617 g/mol. The van der Waals surface area contributed by atoms with E-state index in [0.717, 1.165) is 22.4 Å². The average Bonchev–Trinajstić information content (AvgIpc) is 3.41. The molecule has 0 radical (unpaired) electrons. The van der Waals surface area contributed by atoms with E-state index >= 15 is 0 Å². The van der Waals surface area contributed by atoms with Crippen LogP contribution < -0.4 is 4.72 Å². The molecule has 2 amide bonds. The molecule has 16 heteroatoms. The van der Waals surface area contributed by atoms with Crippen molar-refractivity contribution in [1.29, 1.82) is 0 Å². The Labute approximate surface area is 236 Å². The quantitative estimate of drug-likeness (QED) is 0.407. The molecule has 1 aliphatic heterocycles. The molecule has 41 heavy (non-hydrogen) atoms. The van der Waals surface area contributed by atoms with E-state index in [1.165, 1.54) is 47.6 Å². The van der Waals surface area contributed by atoms with E-state index in [-0.39, 0.29) is 54.8 Å². The molecule has 0 saturated carbocycles. The van der Waals surface area contributed by atoms with Crippen LogP contribution in [-0.2, 0) is 37.6 Å². The first-order valence-corrected chi connectivity index (χ1v) is 15.3. The van der Waals surface area contributed by atoms with E-state index in [9.17, 15) is 39.6 Å². The number of amides is 2. The van der Waals surface area contributed by atoms with Gasteiger partial charge < -0.3 is 9.80 Å². The maximum absolute atomic E-state index is 13.3. The van der Waals surface area contributed by atoms with Gasteiger partial charge in [-0.2, -0.15) is 17.5 Å². The van der Waals surface area contributed by atoms with E-state index in [1.54, 1.807) is 0 Å². The Kier molecular flexibility index (Phi) is 9.94. The van der Waals surface area contributed by atoms with Crippen molar-refractivity contribution in [3.8, 4) is 0 Å². The standard InChI is InChI=1S/C25H30F3N5O6S2/c1-4-40(36,37)30-13-18-11-12-33(15-18)41(38,39)22-9-5-19(6-10-22)24(35)32(17-23(34)31(2)3)16-21-8-7-20(14-29-21)25(26,27)28/h4-10,14,18,30H,1,11-13,15-17H2,2-3H3. The van der Waals surface area contributed by atoms with E-state index in [4.69, 9.17) is 0 Å². The average molecular weight is 618 g/mol. The van der Waals surface area contributed by atoms with Crippen LogP contribution in [0.5, 0.6) is 0 Å². The highest BCUT2D eigenvalue weighted by Crippen LogP contribution is 2.29. The maximum atomic E-state index is 13.3. The minimum Gasteiger partial charge on any atom is -0.347 e. The summed E-state index contributed by atoms with van der Waals surface area (Å²) in [6.07, 6.45) is -3.49. The van der Waals surface area contributed by atoms with Crippen LogP contribution >= 0.6 is 0 Å². The van der Waals surface area contributed by atoms with Crippen LogP contribution in [0, 0.1) is 5.92 Å². The normalized spacial score (nSPS) is 16.4. The SMILES string of the molecule is C=CS(=O)(=O)NCC1CCN(S(=O)(=O)c2ccc(C(=O)N(CC(=O)N(C)C)Cc3ccc(C(F)(F)F)cn3)cc2)C1. The summed E-state index contributed by atoms with van der Waals surface area (Å²) in [7, 11) is -4.61. The lowest BCUT2D eigenvalue weighted by molar-refractivity contribution is -0.137. The predicted molar refractivity (Wildman–Crippen MR) is 143 cm³/mol. The van der Waals surface area contributed by atoms with Crippen molar-refractivity contribution in [3.63, 3.8) is 0 Å². The smallest absolute Gasteiger partial charge is 0.347 e. The summed E-state index contributed by atoms with van der Waals surface area (Å²) in [6.45, 7) is 2.90. The van der Waals surface area contributed by atoms with Gasteiger partial charge >= 0.3 is 6.18 Å². The van der Waals surface area contributed by atoms with Crippen molar-refractivity contribution < 1.29 is 39.6 Å². The molecule has 1 aromatic carbocycles. The molecule has 2 aromatic rings. The van der Waals surface area contributed by atoms with Gasteiger partial charge in [0.1, 0.15) is 6.54 Å².